The quantitative estimate of drug-likeness (QED) is 0.124. The molecule has 0 saturated carbocycles. The van der Waals surface area contributed by atoms with Crippen LogP contribution < -0.4 is 4.90 Å². The van der Waals surface area contributed by atoms with Crippen molar-refractivity contribution in [2.24, 2.45) is 10.2 Å². The predicted octanol–water partition coefficient (Wildman–Crippen LogP) is 3.82. The minimum absolute atomic E-state index is 0.120. The largest absolute Gasteiger partial charge is 0.726 e. The number of non-ortho nitro benzene ring substituents is 1. The molecule has 0 spiro atoms. The van der Waals surface area contributed by atoms with Crippen LogP contribution in [-0.4, -0.2) is 70.3 Å². The summed E-state index contributed by atoms with van der Waals surface area (Å²) in [4.78, 5) is 12.6. The first-order valence-corrected chi connectivity index (χ1v) is 11.8. The highest BCUT2D eigenvalue weighted by Gasteiger charge is 2.13. The summed E-state index contributed by atoms with van der Waals surface area (Å²) >= 11 is 0. The van der Waals surface area contributed by atoms with E-state index in [4.69, 9.17) is 0 Å². The van der Waals surface area contributed by atoms with Crippen molar-refractivity contribution in [2.45, 2.75) is 13.8 Å². The Hall–Kier alpha value is -3.44. The lowest BCUT2D eigenvalue weighted by Gasteiger charge is -2.29. The van der Waals surface area contributed by atoms with Gasteiger partial charge in [0.25, 0.3) is 5.69 Å². The molecule has 0 radical (unpaired) electrons. The van der Waals surface area contributed by atoms with Crippen LogP contribution in [0.15, 0.2) is 46.6 Å². The Kier molecular flexibility index (Phi) is 10.9. The average Bonchev–Trinajstić information content (AvgIpc) is 2.78. The molecule has 0 amide bonds. The topological polar surface area (TPSA) is 161 Å². The van der Waals surface area contributed by atoms with E-state index in [1.807, 2.05) is 25.1 Å². The maximum absolute atomic E-state index is 10.9. The summed E-state index contributed by atoms with van der Waals surface area (Å²) < 4.78 is 31.9. The first-order valence-electron chi connectivity index (χ1n) is 10.5. The van der Waals surface area contributed by atoms with Gasteiger partial charge in [-0.05, 0) is 43.7 Å². The summed E-state index contributed by atoms with van der Waals surface area (Å²) in [6, 6.07) is 11.9. The van der Waals surface area contributed by atoms with Crippen molar-refractivity contribution >= 4 is 33.1 Å². The maximum atomic E-state index is 10.9. The lowest BCUT2D eigenvalue weighted by atomic mass is 10.1. The summed E-state index contributed by atoms with van der Waals surface area (Å²) in [5.41, 5.74) is 3.07. The molecule has 13 heteroatoms. The Morgan fingerprint density at radius 3 is 2.17 bits per heavy atom. The monoisotopic (exact) mass is 506 g/mol. The molecule has 0 aliphatic rings. The third-order valence-electron chi connectivity index (χ3n) is 4.75. The van der Waals surface area contributed by atoms with Gasteiger partial charge in [-0.2, -0.15) is 10.4 Å². The molecule has 0 saturated heterocycles. The van der Waals surface area contributed by atoms with E-state index < -0.39 is 15.3 Å². The fraction of sp³-hybridized carbons (Fsp3) is 0.409. The number of azo groups is 1. The fourth-order valence-electron chi connectivity index (χ4n) is 2.76. The fourth-order valence-corrected chi connectivity index (χ4v) is 2.76. The third kappa shape index (κ3) is 10.6. The van der Waals surface area contributed by atoms with Crippen LogP contribution >= 0.6 is 0 Å². The van der Waals surface area contributed by atoms with Gasteiger partial charge >= 0.3 is 0 Å². The van der Waals surface area contributed by atoms with Gasteiger partial charge in [-0.15, -0.1) is 5.11 Å². The number of anilines is 1. The summed E-state index contributed by atoms with van der Waals surface area (Å²) in [7, 11) is 2.93. The van der Waals surface area contributed by atoms with E-state index in [2.05, 4.69) is 53.4 Å². The van der Waals surface area contributed by atoms with E-state index in [0.29, 0.717) is 11.4 Å². The highest BCUT2D eigenvalue weighted by atomic mass is 32.3. The molecule has 0 bridgehead atoms. The lowest BCUT2D eigenvalue weighted by Crippen LogP contribution is -2.42. The number of quaternary nitrogens is 1. The number of rotatable bonds is 9. The van der Waals surface area contributed by atoms with Crippen LogP contribution in [0.1, 0.15) is 18.1 Å². The van der Waals surface area contributed by atoms with Crippen LogP contribution in [0.2, 0.25) is 0 Å². The van der Waals surface area contributed by atoms with Crippen molar-refractivity contribution in [1.82, 2.24) is 0 Å². The molecule has 0 aromatic heterocycles. The van der Waals surface area contributed by atoms with Gasteiger partial charge in [0, 0.05) is 24.4 Å². The van der Waals surface area contributed by atoms with Gasteiger partial charge in [0.05, 0.1) is 57.5 Å². The Bertz CT molecular complexity index is 1200. The highest BCUT2D eigenvalue weighted by molar-refractivity contribution is 7.80. The molecular weight excluding hydrogens is 476 g/mol. The van der Waals surface area contributed by atoms with E-state index in [1.165, 1.54) is 18.2 Å². The molecular formula is C22H30N6O6S. The van der Waals surface area contributed by atoms with Crippen LogP contribution in [0.25, 0.3) is 0 Å². The summed E-state index contributed by atoms with van der Waals surface area (Å²) in [5.74, 6) is 0. The highest BCUT2D eigenvalue weighted by Crippen LogP contribution is 2.29. The zero-order chi connectivity index (χ0) is 26.8. The van der Waals surface area contributed by atoms with Crippen LogP contribution in [-0.2, 0) is 14.6 Å². The van der Waals surface area contributed by atoms with E-state index in [9.17, 15) is 28.3 Å². The molecule has 0 aliphatic carbocycles. The number of nitriles is 1. The number of benzene rings is 2. The SMILES string of the molecule is CCN(CC[N+](C)(C)C)c1ccc(N=Nc2ccc([N+](=O)[O-])cc2C#N)c(C)c1.COS(=O)(=O)[O-]. The Morgan fingerprint density at radius 1 is 1.14 bits per heavy atom. The smallest absolute Gasteiger partial charge is 0.270 e. The minimum atomic E-state index is -4.41. The van der Waals surface area contributed by atoms with Gasteiger partial charge in [-0.3, -0.25) is 14.3 Å². The number of hydrogen-bond donors (Lipinski definition) is 0. The van der Waals surface area contributed by atoms with Gasteiger partial charge in [-0.25, -0.2) is 8.42 Å². The van der Waals surface area contributed by atoms with Crippen LogP contribution in [0.4, 0.5) is 22.7 Å². The molecule has 0 N–H and O–H groups in total. The van der Waals surface area contributed by atoms with Crippen molar-refractivity contribution in [3.8, 4) is 6.07 Å². The minimum Gasteiger partial charge on any atom is -0.726 e. The lowest BCUT2D eigenvalue weighted by molar-refractivity contribution is -0.868. The summed E-state index contributed by atoms with van der Waals surface area (Å²) in [5, 5.41) is 28.5. The van der Waals surface area contributed by atoms with E-state index >= 15 is 0 Å². The molecule has 12 nitrogen and oxygen atoms in total. The number of nitrogens with zero attached hydrogens (tertiary/aromatic N) is 6. The van der Waals surface area contributed by atoms with Crippen LogP contribution in [0.3, 0.4) is 0 Å². The second kappa shape index (κ2) is 12.9. The van der Waals surface area contributed by atoms with Crippen LogP contribution in [0, 0.1) is 28.4 Å². The molecule has 0 heterocycles. The van der Waals surface area contributed by atoms with Crippen molar-refractivity contribution in [3.63, 3.8) is 0 Å². The molecule has 2 rings (SSSR count). The summed E-state index contributed by atoms with van der Waals surface area (Å²) in [6.07, 6.45) is 0. The molecule has 0 unspecified atom stereocenters. The second-order valence-electron chi connectivity index (χ2n) is 8.41. The van der Waals surface area contributed by atoms with Gasteiger partial charge < -0.3 is 13.9 Å². The third-order valence-corrected chi connectivity index (χ3v) is 5.16. The molecule has 0 fully saturated rings. The molecule has 190 valence electrons. The number of likely N-dealkylation sites (N-methyl/N-ethyl adjacent to an activating group) is 2. The molecule has 2 aromatic carbocycles. The molecule has 35 heavy (non-hydrogen) atoms. The Balaban J connectivity index is 0.000000905. The first-order chi connectivity index (χ1) is 16.2. The second-order valence-corrected chi connectivity index (χ2v) is 9.56. The van der Waals surface area contributed by atoms with Crippen molar-refractivity contribution in [2.75, 3.05) is 52.8 Å². The standard InChI is InChI=1S/C21H27N6O2.CH4O4S/c1-6-25(11-12-27(3,4)5)18-7-9-20(16(2)13-18)23-24-21-10-8-19(26(28)29)14-17(21)15-22;1-5-6(2,3)4/h7-10,13-14H,6,11-12H2,1-5H3;1H3,(H,2,3,4)/q+1;/p-1. The number of aryl methyl sites for hydroxylation is 1. The van der Waals surface area contributed by atoms with Gasteiger partial charge in [0.2, 0.25) is 10.4 Å². The van der Waals surface area contributed by atoms with Crippen molar-refractivity contribution in [3.05, 3.63) is 57.6 Å². The summed E-state index contributed by atoms with van der Waals surface area (Å²) in [6.45, 7) is 7.00. The maximum Gasteiger partial charge on any atom is 0.270 e. The molecule has 0 aliphatic heterocycles. The van der Waals surface area contributed by atoms with E-state index in [0.717, 1.165) is 42.5 Å². The predicted molar refractivity (Wildman–Crippen MR) is 131 cm³/mol. The normalized spacial score (nSPS) is 11.5. The molecule has 2 aromatic rings. The van der Waals surface area contributed by atoms with E-state index in [-0.39, 0.29) is 11.3 Å². The van der Waals surface area contributed by atoms with Gasteiger partial charge in [-0.1, -0.05) is 0 Å². The van der Waals surface area contributed by atoms with Gasteiger partial charge in [0.15, 0.2) is 0 Å². The Morgan fingerprint density at radius 2 is 1.71 bits per heavy atom. The van der Waals surface area contributed by atoms with Crippen molar-refractivity contribution in [1.29, 1.82) is 5.26 Å². The first kappa shape index (κ1) is 29.6. The zero-order valence-corrected chi connectivity index (χ0v) is 21.4. The number of nitro groups is 1. The van der Waals surface area contributed by atoms with E-state index in [1.54, 1.807) is 0 Å². The van der Waals surface area contributed by atoms with Crippen LogP contribution in [0.5, 0.6) is 0 Å². The van der Waals surface area contributed by atoms with Gasteiger partial charge in [0.1, 0.15) is 11.8 Å². The Labute approximate surface area is 205 Å². The van der Waals surface area contributed by atoms with Crippen molar-refractivity contribution < 1.29 is 26.6 Å². The zero-order valence-electron chi connectivity index (χ0n) is 20.6. The molecule has 0 atom stereocenters. The number of nitro benzene ring substituents is 1. The average molecular weight is 507 g/mol. The number of hydrogen-bond acceptors (Lipinski definition) is 10.